The van der Waals surface area contributed by atoms with Gasteiger partial charge < -0.3 is 16.4 Å². The Hall–Kier alpha value is -1.10. The van der Waals surface area contributed by atoms with Crippen LogP contribution in [-0.2, 0) is 9.59 Å². The number of primary amides is 1. The second-order valence-electron chi connectivity index (χ2n) is 4.53. The summed E-state index contributed by atoms with van der Waals surface area (Å²) in [6, 6.07) is 0.0370. The Labute approximate surface area is 89.8 Å². The third kappa shape index (κ3) is 3.51. The lowest BCUT2D eigenvalue weighted by molar-refractivity contribution is -0.125. The van der Waals surface area contributed by atoms with Crippen molar-refractivity contribution in [3.63, 3.8) is 0 Å². The summed E-state index contributed by atoms with van der Waals surface area (Å²) < 4.78 is 0. The van der Waals surface area contributed by atoms with Gasteiger partial charge >= 0.3 is 0 Å². The van der Waals surface area contributed by atoms with Crippen LogP contribution in [0.3, 0.4) is 0 Å². The average molecular weight is 213 g/mol. The molecule has 0 aliphatic carbocycles. The zero-order valence-electron chi connectivity index (χ0n) is 9.30. The van der Waals surface area contributed by atoms with Gasteiger partial charge in [0, 0.05) is 19.0 Å². The Morgan fingerprint density at radius 1 is 1.60 bits per heavy atom. The van der Waals surface area contributed by atoms with E-state index in [1.807, 2.05) is 0 Å². The van der Waals surface area contributed by atoms with E-state index in [2.05, 4.69) is 10.6 Å². The van der Waals surface area contributed by atoms with Crippen LogP contribution in [0.4, 0.5) is 0 Å². The van der Waals surface area contributed by atoms with Crippen molar-refractivity contribution in [1.29, 1.82) is 0 Å². The van der Waals surface area contributed by atoms with Crippen molar-refractivity contribution in [2.24, 2.45) is 5.73 Å². The summed E-state index contributed by atoms with van der Waals surface area (Å²) >= 11 is 0. The Balaban J connectivity index is 2.56. The largest absolute Gasteiger partial charge is 0.368 e. The first-order valence-electron chi connectivity index (χ1n) is 5.26. The molecule has 1 atom stereocenters. The van der Waals surface area contributed by atoms with Gasteiger partial charge in [0.2, 0.25) is 11.8 Å². The molecule has 0 bridgehead atoms. The molecule has 2 amide bonds. The van der Waals surface area contributed by atoms with E-state index in [1.54, 1.807) is 13.8 Å². The van der Waals surface area contributed by atoms with Crippen molar-refractivity contribution in [3.8, 4) is 0 Å². The minimum Gasteiger partial charge on any atom is -0.368 e. The van der Waals surface area contributed by atoms with Crippen molar-refractivity contribution >= 4 is 11.8 Å². The molecule has 15 heavy (non-hydrogen) atoms. The molecular formula is C10H19N3O2. The van der Waals surface area contributed by atoms with Crippen LogP contribution in [0.25, 0.3) is 0 Å². The van der Waals surface area contributed by atoms with E-state index < -0.39 is 11.4 Å². The summed E-state index contributed by atoms with van der Waals surface area (Å²) in [5.74, 6) is -0.363. The van der Waals surface area contributed by atoms with Gasteiger partial charge in [-0.05, 0) is 26.7 Å². The van der Waals surface area contributed by atoms with Gasteiger partial charge in [-0.15, -0.1) is 0 Å². The zero-order chi connectivity index (χ0) is 11.5. The van der Waals surface area contributed by atoms with Crippen LogP contribution in [0.5, 0.6) is 0 Å². The van der Waals surface area contributed by atoms with Crippen molar-refractivity contribution < 1.29 is 9.59 Å². The molecule has 1 aliphatic rings. The first-order valence-corrected chi connectivity index (χ1v) is 5.26. The summed E-state index contributed by atoms with van der Waals surface area (Å²) in [4.78, 5) is 22.4. The molecule has 0 aromatic carbocycles. The van der Waals surface area contributed by atoms with Crippen molar-refractivity contribution in [2.45, 2.75) is 44.7 Å². The maximum Gasteiger partial charge on any atom is 0.237 e. The molecule has 0 saturated carbocycles. The summed E-state index contributed by atoms with van der Waals surface area (Å²) in [7, 11) is 0. The third-order valence-corrected chi connectivity index (χ3v) is 2.66. The third-order valence-electron chi connectivity index (χ3n) is 2.66. The molecule has 0 aromatic rings. The van der Waals surface area contributed by atoms with Gasteiger partial charge in [-0.25, -0.2) is 0 Å². The molecule has 1 unspecified atom stereocenters. The van der Waals surface area contributed by atoms with E-state index in [9.17, 15) is 9.59 Å². The van der Waals surface area contributed by atoms with Crippen LogP contribution in [-0.4, -0.2) is 29.9 Å². The maximum atomic E-state index is 11.3. The monoisotopic (exact) mass is 213 g/mol. The normalized spacial score (nSPS) is 23.1. The fraction of sp³-hybridized carbons (Fsp3) is 0.800. The smallest absolute Gasteiger partial charge is 0.237 e. The molecule has 1 rings (SSSR count). The van der Waals surface area contributed by atoms with Gasteiger partial charge in [0.1, 0.15) is 0 Å². The Morgan fingerprint density at radius 3 is 2.87 bits per heavy atom. The average Bonchev–Trinajstić information content (AvgIpc) is 2.28. The molecule has 0 aromatic heterocycles. The highest BCUT2D eigenvalue weighted by Gasteiger charge is 2.29. The molecule has 0 spiro atoms. The van der Waals surface area contributed by atoms with Crippen LogP contribution in [0.15, 0.2) is 0 Å². The lowest BCUT2D eigenvalue weighted by Crippen LogP contribution is -2.54. The van der Waals surface area contributed by atoms with Crippen LogP contribution < -0.4 is 16.4 Å². The number of rotatable bonds is 3. The molecule has 1 fully saturated rings. The fourth-order valence-electron chi connectivity index (χ4n) is 1.68. The maximum absolute atomic E-state index is 11.3. The van der Waals surface area contributed by atoms with E-state index in [1.165, 1.54) is 0 Å². The van der Waals surface area contributed by atoms with Gasteiger partial charge in [-0.3, -0.25) is 9.59 Å². The van der Waals surface area contributed by atoms with E-state index in [0.29, 0.717) is 13.0 Å². The molecule has 4 N–H and O–H groups in total. The molecule has 1 heterocycles. The summed E-state index contributed by atoms with van der Waals surface area (Å²) in [5.41, 5.74) is 4.50. The molecule has 0 radical (unpaired) electrons. The minimum atomic E-state index is -0.755. The van der Waals surface area contributed by atoms with Gasteiger partial charge in [0.05, 0.1) is 5.54 Å². The molecule has 5 heteroatoms. The second-order valence-corrected chi connectivity index (χ2v) is 4.53. The van der Waals surface area contributed by atoms with Crippen LogP contribution >= 0.6 is 0 Å². The second kappa shape index (κ2) is 4.61. The molecule has 5 nitrogen and oxygen atoms in total. The lowest BCUT2D eigenvalue weighted by atomic mass is 10.00. The standard InChI is InChI=1S/C10H19N3O2/c1-10(2,9(11)15)13-7-4-3-5-12-8(14)6-7/h7,13H,3-6H2,1-2H3,(H2,11,15)(H,12,14). The SMILES string of the molecule is CC(C)(NC1CCCNC(=O)C1)C(N)=O. The van der Waals surface area contributed by atoms with E-state index in [-0.39, 0.29) is 11.9 Å². The van der Waals surface area contributed by atoms with Crippen LogP contribution in [0.2, 0.25) is 0 Å². The van der Waals surface area contributed by atoms with Gasteiger partial charge in [0.25, 0.3) is 0 Å². The van der Waals surface area contributed by atoms with Crippen molar-refractivity contribution in [3.05, 3.63) is 0 Å². The lowest BCUT2D eigenvalue weighted by Gasteiger charge is -2.28. The topological polar surface area (TPSA) is 84.2 Å². The highest BCUT2D eigenvalue weighted by molar-refractivity contribution is 5.84. The Morgan fingerprint density at radius 2 is 2.27 bits per heavy atom. The summed E-state index contributed by atoms with van der Waals surface area (Å²) in [6.45, 7) is 4.18. The van der Waals surface area contributed by atoms with Gasteiger partial charge in [-0.1, -0.05) is 0 Å². The predicted molar refractivity (Wildman–Crippen MR) is 57.1 cm³/mol. The van der Waals surface area contributed by atoms with Crippen LogP contribution in [0, 0.1) is 0 Å². The van der Waals surface area contributed by atoms with Crippen molar-refractivity contribution in [1.82, 2.24) is 10.6 Å². The summed E-state index contributed by atoms with van der Waals surface area (Å²) in [5, 5.41) is 5.92. The highest BCUT2D eigenvalue weighted by Crippen LogP contribution is 2.11. The predicted octanol–water partition coefficient (Wildman–Crippen LogP) is -0.491. The Kier molecular flexibility index (Phi) is 3.68. The minimum absolute atomic E-state index is 0.0327. The van der Waals surface area contributed by atoms with Crippen LogP contribution in [0.1, 0.15) is 33.1 Å². The number of hydrogen-bond donors (Lipinski definition) is 3. The molecular weight excluding hydrogens is 194 g/mol. The van der Waals surface area contributed by atoms with Crippen molar-refractivity contribution in [2.75, 3.05) is 6.54 Å². The Bertz CT molecular complexity index is 263. The number of amides is 2. The zero-order valence-corrected chi connectivity index (χ0v) is 9.30. The first kappa shape index (κ1) is 12.0. The van der Waals surface area contributed by atoms with Gasteiger partial charge in [0.15, 0.2) is 0 Å². The summed E-state index contributed by atoms with van der Waals surface area (Å²) in [6.07, 6.45) is 2.23. The number of carbonyl (C=O) groups is 2. The molecule has 86 valence electrons. The van der Waals surface area contributed by atoms with E-state index >= 15 is 0 Å². The molecule has 1 saturated heterocycles. The number of nitrogens with one attached hydrogen (secondary N) is 2. The fourth-order valence-corrected chi connectivity index (χ4v) is 1.68. The molecule has 1 aliphatic heterocycles. The number of hydrogen-bond acceptors (Lipinski definition) is 3. The van der Waals surface area contributed by atoms with E-state index in [0.717, 1.165) is 12.8 Å². The number of nitrogens with two attached hydrogens (primary N) is 1. The quantitative estimate of drug-likeness (QED) is 0.591. The van der Waals surface area contributed by atoms with Gasteiger partial charge in [-0.2, -0.15) is 0 Å². The highest BCUT2D eigenvalue weighted by atomic mass is 16.2. The number of carbonyl (C=O) groups excluding carboxylic acids is 2. The first-order chi connectivity index (χ1) is 6.92. The van der Waals surface area contributed by atoms with E-state index in [4.69, 9.17) is 5.73 Å².